The second kappa shape index (κ2) is 8.13. The van der Waals surface area contributed by atoms with Crippen LogP contribution in [0.25, 0.3) is 5.65 Å². The van der Waals surface area contributed by atoms with Crippen molar-refractivity contribution in [1.29, 1.82) is 0 Å². The number of carbonyl (C=O) groups is 1. The zero-order valence-electron chi connectivity index (χ0n) is 16.7. The van der Waals surface area contributed by atoms with Crippen LogP contribution in [0.15, 0.2) is 41.4 Å². The number of sulfonamides is 1. The highest BCUT2D eigenvalue weighted by molar-refractivity contribution is 7.89. The topological polar surface area (TPSA) is 103 Å². The summed E-state index contributed by atoms with van der Waals surface area (Å²) in [5.74, 6) is -0.566. The van der Waals surface area contributed by atoms with Crippen molar-refractivity contribution in [1.82, 2.24) is 18.9 Å². The Morgan fingerprint density at radius 3 is 2.73 bits per heavy atom. The molecule has 10 heteroatoms. The summed E-state index contributed by atoms with van der Waals surface area (Å²) in [5, 5.41) is 4.19. The first kappa shape index (κ1) is 20.5. The van der Waals surface area contributed by atoms with Gasteiger partial charge in [-0.05, 0) is 37.6 Å². The van der Waals surface area contributed by atoms with Crippen molar-refractivity contribution in [2.75, 3.05) is 26.3 Å². The number of aryl methyl sites for hydroxylation is 2. The quantitative estimate of drug-likeness (QED) is 0.568. The summed E-state index contributed by atoms with van der Waals surface area (Å²) < 4.78 is 39.3. The molecule has 4 rings (SSSR count). The van der Waals surface area contributed by atoms with Crippen LogP contribution in [0.2, 0.25) is 0 Å². The smallest absolute Gasteiger partial charge is 0.343 e. The molecule has 158 valence electrons. The minimum Gasteiger partial charge on any atom is -0.457 e. The largest absolute Gasteiger partial charge is 0.457 e. The van der Waals surface area contributed by atoms with Crippen LogP contribution in [0, 0.1) is 13.8 Å². The first-order valence-corrected chi connectivity index (χ1v) is 11.0. The van der Waals surface area contributed by atoms with Gasteiger partial charge in [0.25, 0.3) is 0 Å². The monoisotopic (exact) mass is 430 g/mol. The predicted octanol–water partition coefficient (Wildman–Crippen LogP) is 1.72. The van der Waals surface area contributed by atoms with Crippen molar-refractivity contribution >= 4 is 21.6 Å². The van der Waals surface area contributed by atoms with E-state index in [2.05, 4.69) is 10.1 Å². The van der Waals surface area contributed by atoms with Gasteiger partial charge in [-0.3, -0.25) is 0 Å². The molecule has 1 aromatic carbocycles. The minimum atomic E-state index is -3.62. The van der Waals surface area contributed by atoms with Gasteiger partial charge in [0.1, 0.15) is 12.2 Å². The van der Waals surface area contributed by atoms with E-state index >= 15 is 0 Å². The number of rotatable bonds is 5. The van der Waals surface area contributed by atoms with E-state index in [1.807, 2.05) is 19.9 Å². The minimum absolute atomic E-state index is 0.0621. The summed E-state index contributed by atoms with van der Waals surface area (Å²) in [5.41, 5.74) is 2.91. The number of nitrogens with zero attached hydrogens (tertiary/aromatic N) is 4. The van der Waals surface area contributed by atoms with Gasteiger partial charge in [0.15, 0.2) is 5.65 Å². The highest BCUT2D eigenvalue weighted by Crippen LogP contribution is 2.19. The Morgan fingerprint density at radius 1 is 1.20 bits per heavy atom. The molecule has 3 aromatic rings. The van der Waals surface area contributed by atoms with Crippen molar-refractivity contribution < 1.29 is 22.7 Å². The van der Waals surface area contributed by atoms with Crippen LogP contribution in [0.3, 0.4) is 0 Å². The Hall–Kier alpha value is -2.82. The van der Waals surface area contributed by atoms with Crippen LogP contribution >= 0.6 is 0 Å². The number of benzene rings is 1. The van der Waals surface area contributed by atoms with Gasteiger partial charge >= 0.3 is 5.97 Å². The Labute approximate surface area is 174 Å². The van der Waals surface area contributed by atoms with E-state index in [1.54, 1.807) is 16.6 Å². The van der Waals surface area contributed by atoms with E-state index in [4.69, 9.17) is 9.47 Å². The van der Waals surface area contributed by atoms with E-state index in [9.17, 15) is 13.2 Å². The number of aromatic nitrogens is 3. The molecule has 9 nitrogen and oxygen atoms in total. The highest BCUT2D eigenvalue weighted by Gasteiger charge is 2.26. The van der Waals surface area contributed by atoms with Gasteiger partial charge in [0.05, 0.1) is 24.3 Å². The van der Waals surface area contributed by atoms with Crippen molar-refractivity contribution in [2.45, 2.75) is 25.3 Å². The summed E-state index contributed by atoms with van der Waals surface area (Å²) in [6.45, 7) is 5.06. The Balaban J connectivity index is 1.51. The summed E-state index contributed by atoms with van der Waals surface area (Å²) in [6.07, 6.45) is 1.43. The Morgan fingerprint density at radius 2 is 1.97 bits per heavy atom. The van der Waals surface area contributed by atoms with Crippen molar-refractivity contribution in [3.63, 3.8) is 0 Å². The molecule has 0 aliphatic carbocycles. The summed E-state index contributed by atoms with van der Waals surface area (Å²) >= 11 is 0. The zero-order valence-corrected chi connectivity index (χ0v) is 17.6. The number of morpholine rings is 1. The molecule has 0 radical (unpaired) electrons. The lowest BCUT2D eigenvalue weighted by Gasteiger charge is -2.26. The van der Waals surface area contributed by atoms with Crippen LogP contribution in [0.1, 0.15) is 27.3 Å². The molecule has 0 spiro atoms. The highest BCUT2D eigenvalue weighted by atomic mass is 32.2. The fourth-order valence-electron chi connectivity index (χ4n) is 3.37. The molecule has 0 amide bonds. The molecule has 30 heavy (non-hydrogen) atoms. The van der Waals surface area contributed by atoms with Crippen LogP contribution in [0.4, 0.5) is 0 Å². The average Bonchev–Trinajstić information content (AvgIpc) is 3.17. The van der Waals surface area contributed by atoms with Gasteiger partial charge in [0.2, 0.25) is 10.0 Å². The molecule has 1 fully saturated rings. The normalized spacial score (nSPS) is 15.4. The molecule has 0 atom stereocenters. The van der Waals surface area contributed by atoms with Crippen LogP contribution in [-0.2, 0) is 26.1 Å². The molecule has 0 unspecified atom stereocenters. The summed E-state index contributed by atoms with van der Waals surface area (Å²) in [4.78, 5) is 17.1. The van der Waals surface area contributed by atoms with Gasteiger partial charge in [-0.1, -0.05) is 12.1 Å². The van der Waals surface area contributed by atoms with E-state index in [0.717, 1.165) is 11.4 Å². The third-order valence-corrected chi connectivity index (χ3v) is 6.77. The lowest BCUT2D eigenvalue weighted by atomic mass is 10.2. The lowest BCUT2D eigenvalue weighted by Crippen LogP contribution is -2.40. The Kier molecular flexibility index (Phi) is 5.54. The lowest BCUT2D eigenvalue weighted by molar-refractivity contribution is 0.0474. The number of hydrogen-bond acceptors (Lipinski definition) is 7. The maximum atomic E-state index is 12.8. The third kappa shape index (κ3) is 3.93. The number of esters is 1. The van der Waals surface area contributed by atoms with E-state index in [0.29, 0.717) is 37.5 Å². The number of carbonyl (C=O) groups excluding carboxylic acids is 1. The molecule has 2 aromatic heterocycles. The van der Waals surface area contributed by atoms with Gasteiger partial charge in [-0.25, -0.2) is 22.7 Å². The van der Waals surface area contributed by atoms with Crippen LogP contribution in [0.5, 0.6) is 0 Å². The van der Waals surface area contributed by atoms with Crippen molar-refractivity contribution in [3.05, 3.63) is 59.0 Å². The predicted molar refractivity (Wildman–Crippen MR) is 108 cm³/mol. The van der Waals surface area contributed by atoms with Crippen molar-refractivity contribution in [3.8, 4) is 0 Å². The summed E-state index contributed by atoms with van der Waals surface area (Å²) in [6, 6.07) is 8.29. The number of fused-ring (bicyclic) bond motifs is 1. The van der Waals surface area contributed by atoms with E-state index in [1.165, 1.54) is 22.6 Å². The van der Waals surface area contributed by atoms with Gasteiger partial charge in [-0.15, -0.1) is 0 Å². The molecular weight excluding hydrogens is 408 g/mol. The molecular formula is C20H22N4O5S. The fourth-order valence-corrected chi connectivity index (χ4v) is 4.85. The second-order valence-corrected chi connectivity index (χ2v) is 9.01. The maximum absolute atomic E-state index is 12.8. The number of ether oxygens (including phenoxy) is 2. The molecule has 0 bridgehead atoms. The van der Waals surface area contributed by atoms with E-state index in [-0.39, 0.29) is 17.1 Å². The van der Waals surface area contributed by atoms with Crippen LogP contribution < -0.4 is 0 Å². The van der Waals surface area contributed by atoms with E-state index < -0.39 is 16.0 Å². The molecule has 3 heterocycles. The van der Waals surface area contributed by atoms with Gasteiger partial charge in [-0.2, -0.15) is 9.40 Å². The molecule has 1 aliphatic heterocycles. The molecule has 0 saturated carbocycles. The van der Waals surface area contributed by atoms with Gasteiger partial charge in [0, 0.05) is 24.5 Å². The standard InChI is InChI=1S/C20H22N4O5S/c1-14-10-15(2)24-19(22-14)18(12-21-24)20(25)29-13-16-4-3-5-17(11-16)30(26,27)23-6-8-28-9-7-23/h3-5,10-12H,6-9,13H2,1-2H3. The molecule has 1 aliphatic rings. The Bertz CT molecular complexity index is 1200. The summed E-state index contributed by atoms with van der Waals surface area (Å²) in [7, 11) is -3.62. The molecule has 1 saturated heterocycles. The van der Waals surface area contributed by atoms with Crippen molar-refractivity contribution in [2.24, 2.45) is 0 Å². The zero-order chi connectivity index (χ0) is 21.3. The number of hydrogen-bond donors (Lipinski definition) is 0. The fraction of sp³-hybridized carbons (Fsp3) is 0.350. The second-order valence-electron chi connectivity index (χ2n) is 7.07. The maximum Gasteiger partial charge on any atom is 0.343 e. The first-order chi connectivity index (χ1) is 14.4. The first-order valence-electron chi connectivity index (χ1n) is 9.52. The van der Waals surface area contributed by atoms with Crippen LogP contribution in [-0.4, -0.2) is 59.6 Å². The SMILES string of the molecule is Cc1cc(C)n2ncc(C(=O)OCc3cccc(S(=O)(=O)N4CCOCC4)c3)c2n1. The molecule has 0 N–H and O–H groups in total. The average molecular weight is 430 g/mol. The third-order valence-electron chi connectivity index (χ3n) is 4.87. The van der Waals surface area contributed by atoms with Gasteiger partial charge < -0.3 is 9.47 Å².